The molecule has 0 amide bonds. The summed E-state index contributed by atoms with van der Waals surface area (Å²) in [6, 6.07) is 7.00. The second kappa shape index (κ2) is 5.85. The van der Waals surface area contributed by atoms with Gasteiger partial charge < -0.3 is 4.57 Å². The van der Waals surface area contributed by atoms with E-state index in [2.05, 4.69) is 25.6 Å². The first-order valence-electron chi connectivity index (χ1n) is 5.76. The summed E-state index contributed by atoms with van der Waals surface area (Å²) < 4.78 is 29.4. The normalized spacial score (nSPS) is 13.4. The van der Waals surface area contributed by atoms with E-state index in [1.165, 1.54) is 10.9 Å². The van der Waals surface area contributed by atoms with E-state index < -0.39 is 16.1 Å². The molecule has 0 aliphatic rings. The summed E-state index contributed by atoms with van der Waals surface area (Å²) >= 11 is 9.32. The Balaban J connectivity index is 2.30. The molecule has 0 radical (unpaired) electrons. The molecule has 0 spiro atoms. The van der Waals surface area contributed by atoms with Crippen molar-refractivity contribution in [3.63, 3.8) is 0 Å². The van der Waals surface area contributed by atoms with E-state index >= 15 is 0 Å². The van der Waals surface area contributed by atoms with Crippen molar-refractivity contribution in [1.29, 1.82) is 0 Å². The summed E-state index contributed by atoms with van der Waals surface area (Å²) in [5.41, 5.74) is 0.836. The quantitative estimate of drug-likeness (QED) is 0.890. The van der Waals surface area contributed by atoms with Crippen LogP contribution in [0.5, 0.6) is 0 Å². The van der Waals surface area contributed by atoms with Gasteiger partial charge in [0.1, 0.15) is 5.15 Å². The van der Waals surface area contributed by atoms with Crippen molar-refractivity contribution in [3.05, 3.63) is 45.8 Å². The number of sulfonamides is 1. The van der Waals surface area contributed by atoms with Crippen molar-refractivity contribution < 1.29 is 8.42 Å². The van der Waals surface area contributed by atoms with Crippen molar-refractivity contribution >= 4 is 37.6 Å². The molecule has 2 rings (SSSR count). The summed E-state index contributed by atoms with van der Waals surface area (Å²) in [6.07, 6.45) is 1.36. The van der Waals surface area contributed by atoms with Crippen LogP contribution in [0.25, 0.3) is 0 Å². The van der Waals surface area contributed by atoms with Crippen LogP contribution in [0.4, 0.5) is 0 Å². The molecular weight excluding hydrogens is 366 g/mol. The number of halogens is 2. The molecule has 2 aromatic rings. The Kier molecular flexibility index (Phi) is 4.53. The zero-order chi connectivity index (χ0) is 14.9. The number of benzene rings is 1. The molecule has 0 fully saturated rings. The van der Waals surface area contributed by atoms with Gasteiger partial charge in [-0.2, -0.15) is 0 Å². The summed E-state index contributed by atoms with van der Waals surface area (Å²) in [5, 5.41) is -0.0857. The molecule has 1 unspecified atom stereocenters. The van der Waals surface area contributed by atoms with Gasteiger partial charge in [0.2, 0.25) is 5.03 Å². The molecule has 1 atom stereocenters. The third-order valence-electron chi connectivity index (χ3n) is 2.79. The van der Waals surface area contributed by atoms with E-state index in [1.807, 2.05) is 24.3 Å². The van der Waals surface area contributed by atoms with Crippen LogP contribution in [0.2, 0.25) is 5.15 Å². The van der Waals surface area contributed by atoms with E-state index in [1.54, 1.807) is 14.0 Å². The van der Waals surface area contributed by atoms with Crippen LogP contribution in [0, 0.1) is 0 Å². The number of aryl methyl sites for hydroxylation is 1. The molecule has 0 saturated carbocycles. The minimum Gasteiger partial charge on any atom is -0.324 e. The number of aromatic nitrogens is 2. The van der Waals surface area contributed by atoms with Crippen LogP contribution in [0.1, 0.15) is 18.5 Å². The van der Waals surface area contributed by atoms with Gasteiger partial charge in [-0.3, -0.25) is 0 Å². The topological polar surface area (TPSA) is 64.0 Å². The lowest BCUT2D eigenvalue weighted by molar-refractivity contribution is 0.563. The fourth-order valence-corrected chi connectivity index (χ4v) is 4.03. The molecule has 0 bridgehead atoms. The van der Waals surface area contributed by atoms with Crippen LogP contribution >= 0.6 is 27.5 Å². The maximum absolute atomic E-state index is 12.3. The van der Waals surface area contributed by atoms with Gasteiger partial charge in [0.05, 0.1) is 6.33 Å². The van der Waals surface area contributed by atoms with Crippen molar-refractivity contribution in [3.8, 4) is 0 Å². The third-order valence-corrected chi connectivity index (χ3v) is 5.54. The van der Waals surface area contributed by atoms with Gasteiger partial charge in [-0.05, 0) is 18.6 Å². The summed E-state index contributed by atoms with van der Waals surface area (Å²) in [7, 11) is -2.14. The van der Waals surface area contributed by atoms with Crippen LogP contribution < -0.4 is 4.72 Å². The lowest BCUT2D eigenvalue weighted by atomic mass is 10.1. The Bertz CT molecular complexity index is 730. The van der Waals surface area contributed by atoms with E-state index in [0.717, 1.165) is 10.0 Å². The first kappa shape index (κ1) is 15.5. The zero-order valence-electron chi connectivity index (χ0n) is 10.8. The standard InChI is InChI=1S/C12H13BrClN3O2S/c1-8(9-5-3-4-6-10(9)13)16-20(18,19)12-11(14)17(2)7-15-12/h3-8,16H,1-2H3. The molecule has 1 aromatic heterocycles. The fraction of sp³-hybridized carbons (Fsp3) is 0.250. The molecule has 20 heavy (non-hydrogen) atoms. The number of hydrogen-bond acceptors (Lipinski definition) is 3. The Morgan fingerprint density at radius 1 is 1.40 bits per heavy atom. The maximum Gasteiger partial charge on any atom is 0.261 e. The Morgan fingerprint density at radius 3 is 2.60 bits per heavy atom. The number of nitrogens with one attached hydrogen (secondary N) is 1. The van der Waals surface area contributed by atoms with Gasteiger partial charge in [0, 0.05) is 17.6 Å². The number of rotatable bonds is 4. The molecule has 0 aliphatic heterocycles. The van der Waals surface area contributed by atoms with Crippen molar-refractivity contribution in [2.75, 3.05) is 0 Å². The first-order valence-corrected chi connectivity index (χ1v) is 8.42. The van der Waals surface area contributed by atoms with Crippen molar-refractivity contribution in [2.45, 2.75) is 18.0 Å². The second-order valence-electron chi connectivity index (χ2n) is 4.32. The van der Waals surface area contributed by atoms with Crippen molar-refractivity contribution in [1.82, 2.24) is 14.3 Å². The van der Waals surface area contributed by atoms with E-state index in [4.69, 9.17) is 11.6 Å². The second-order valence-corrected chi connectivity index (χ2v) is 7.16. The SMILES string of the molecule is CC(NS(=O)(=O)c1ncn(C)c1Cl)c1ccccc1Br. The van der Waals surface area contributed by atoms with Crippen molar-refractivity contribution in [2.24, 2.45) is 7.05 Å². The fourth-order valence-electron chi connectivity index (χ4n) is 1.75. The first-order chi connectivity index (χ1) is 9.33. The van der Waals surface area contributed by atoms with Gasteiger partial charge in [-0.25, -0.2) is 18.1 Å². The van der Waals surface area contributed by atoms with Gasteiger partial charge >= 0.3 is 0 Å². The summed E-state index contributed by atoms with van der Waals surface area (Å²) in [6.45, 7) is 1.76. The van der Waals surface area contributed by atoms with E-state index in [9.17, 15) is 8.42 Å². The number of hydrogen-bond donors (Lipinski definition) is 1. The van der Waals surface area contributed by atoms with Gasteiger partial charge in [-0.15, -0.1) is 0 Å². The molecule has 1 aromatic carbocycles. The Labute approximate surface area is 131 Å². The zero-order valence-corrected chi connectivity index (χ0v) is 14.0. The minimum atomic E-state index is -3.77. The smallest absolute Gasteiger partial charge is 0.261 e. The van der Waals surface area contributed by atoms with Crippen LogP contribution in [0.3, 0.4) is 0 Å². The van der Waals surface area contributed by atoms with Crippen LogP contribution in [-0.4, -0.2) is 18.0 Å². The third kappa shape index (κ3) is 3.06. The van der Waals surface area contributed by atoms with Gasteiger partial charge in [0.15, 0.2) is 0 Å². The van der Waals surface area contributed by atoms with Crippen LogP contribution in [-0.2, 0) is 17.1 Å². The average Bonchev–Trinajstić information content (AvgIpc) is 2.70. The lowest BCUT2D eigenvalue weighted by Gasteiger charge is -2.15. The Hall–Kier alpha value is -0.890. The molecule has 5 nitrogen and oxygen atoms in total. The number of nitrogens with zero attached hydrogens (tertiary/aromatic N) is 2. The van der Waals surface area contributed by atoms with Gasteiger partial charge in [-0.1, -0.05) is 45.7 Å². The lowest BCUT2D eigenvalue weighted by Crippen LogP contribution is -2.27. The highest BCUT2D eigenvalue weighted by Crippen LogP contribution is 2.25. The largest absolute Gasteiger partial charge is 0.324 e. The maximum atomic E-state index is 12.3. The number of imidazole rings is 1. The monoisotopic (exact) mass is 377 g/mol. The van der Waals surface area contributed by atoms with Crippen LogP contribution in [0.15, 0.2) is 40.1 Å². The summed E-state index contributed by atoms with van der Waals surface area (Å²) in [4.78, 5) is 3.82. The molecular formula is C12H13BrClN3O2S. The molecule has 1 heterocycles. The highest BCUT2D eigenvalue weighted by Gasteiger charge is 2.25. The molecule has 1 N–H and O–H groups in total. The molecule has 8 heteroatoms. The highest BCUT2D eigenvalue weighted by atomic mass is 79.9. The molecule has 0 saturated heterocycles. The predicted molar refractivity (Wildman–Crippen MR) is 81.1 cm³/mol. The molecule has 0 aliphatic carbocycles. The highest BCUT2D eigenvalue weighted by molar-refractivity contribution is 9.10. The summed E-state index contributed by atoms with van der Waals surface area (Å²) in [5.74, 6) is 0. The van der Waals surface area contributed by atoms with Gasteiger partial charge in [0.25, 0.3) is 10.0 Å². The predicted octanol–water partition coefficient (Wildman–Crippen LogP) is 2.88. The minimum absolute atomic E-state index is 0.0804. The Morgan fingerprint density at radius 2 is 2.05 bits per heavy atom. The van der Waals surface area contributed by atoms with E-state index in [0.29, 0.717) is 0 Å². The molecule has 108 valence electrons. The van der Waals surface area contributed by atoms with E-state index in [-0.39, 0.29) is 10.2 Å². The average molecular weight is 379 g/mol.